The normalized spacial score (nSPS) is 10.6. The van der Waals surface area contributed by atoms with E-state index >= 15 is 0 Å². The number of aliphatic hydroxyl groups is 1. The average Bonchev–Trinajstić information content (AvgIpc) is 2.25. The Morgan fingerprint density at radius 1 is 1.06 bits per heavy atom. The van der Waals surface area contributed by atoms with Crippen molar-refractivity contribution in [1.82, 2.24) is 5.32 Å². The Hall–Kier alpha value is -0.650. The predicted octanol–water partition coefficient (Wildman–Crippen LogP) is 0.620. The number of carboxylic acid groups (broad SMARTS) is 1. The molecular formula is C11H23NO4. The number of hydrogen-bond acceptors (Lipinski definition) is 4. The molecule has 0 rings (SSSR count). The lowest BCUT2D eigenvalue weighted by atomic mass is 10.2. The van der Waals surface area contributed by atoms with Crippen molar-refractivity contribution in [1.29, 1.82) is 0 Å². The standard InChI is InChI=1S/C11H23NO4/c13-8-10-16-9-4-7-12-6-3-1-2-5-11(14)15/h12-13H,1-10H2,(H,14,15). The Morgan fingerprint density at radius 3 is 2.50 bits per heavy atom. The van der Waals surface area contributed by atoms with Crippen LogP contribution in [-0.4, -0.2) is 49.1 Å². The van der Waals surface area contributed by atoms with Crippen LogP contribution in [0.25, 0.3) is 0 Å². The van der Waals surface area contributed by atoms with E-state index in [1.807, 2.05) is 0 Å². The number of carboxylic acids is 1. The fourth-order valence-corrected chi connectivity index (χ4v) is 1.29. The number of ether oxygens (including phenoxy) is 1. The van der Waals surface area contributed by atoms with Gasteiger partial charge in [-0.3, -0.25) is 4.79 Å². The predicted molar refractivity (Wildman–Crippen MR) is 61.5 cm³/mol. The molecule has 0 saturated carbocycles. The minimum atomic E-state index is -0.714. The third kappa shape index (κ3) is 13.4. The van der Waals surface area contributed by atoms with Crippen LogP contribution in [0.15, 0.2) is 0 Å². The summed E-state index contributed by atoms with van der Waals surface area (Å²) in [6.07, 6.45) is 3.95. The minimum absolute atomic E-state index is 0.0804. The number of rotatable bonds is 12. The van der Waals surface area contributed by atoms with Crippen LogP contribution in [0.4, 0.5) is 0 Å². The highest BCUT2D eigenvalue weighted by atomic mass is 16.5. The molecule has 0 radical (unpaired) electrons. The second kappa shape index (κ2) is 12.4. The van der Waals surface area contributed by atoms with Gasteiger partial charge < -0.3 is 20.3 Å². The van der Waals surface area contributed by atoms with Crippen LogP contribution in [0, 0.1) is 0 Å². The zero-order chi connectivity index (χ0) is 12.1. The smallest absolute Gasteiger partial charge is 0.303 e. The van der Waals surface area contributed by atoms with Gasteiger partial charge in [-0.2, -0.15) is 0 Å². The number of aliphatic carboxylic acids is 1. The van der Waals surface area contributed by atoms with E-state index in [1.54, 1.807) is 0 Å². The van der Waals surface area contributed by atoms with Gasteiger partial charge in [-0.25, -0.2) is 0 Å². The van der Waals surface area contributed by atoms with E-state index in [1.165, 1.54) is 0 Å². The van der Waals surface area contributed by atoms with Gasteiger partial charge in [0.15, 0.2) is 0 Å². The highest BCUT2D eigenvalue weighted by Gasteiger charge is 1.95. The third-order valence-corrected chi connectivity index (χ3v) is 2.12. The quantitative estimate of drug-likeness (QED) is 0.431. The maximum atomic E-state index is 10.2. The van der Waals surface area contributed by atoms with Gasteiger partial charge in [0.2, 0.25) is 0 Å². The summed E-state index contributed by atoms with van der Waals surface area (Å²) < 4.78 is 5.10. The van der Waals surface area contributed by atoms with Crippen LogP contribution < -0.4 is 5.32 Å². The van der Waals surface area contributed by atoms with Gasteiger partial charge in [0.05, 0.1) is 13.2 Å². The molecule has 0 aromatic heterocycles. The zero-order valence-electron chi connectivity index (χ0n) is 9.78. The summed E-state index contributed by atoms with van der Waals surface area (Å²) in [4.78, 5) is 10.2. The van der Waals surface area contributed by atoms with Gasteiger partial charge in [0, 0.05) is 13.0 Å². The Morgan fingerprint density at radius 2 is 1.81 bits per heavy atom. The molecule has 0 amide bonds. The van der Waals surface area contributed by atoms with Gasteiger partial charge in [-0.15, -0.1) is 0 Å². The molecule has 0 aliphatic carbocycles. The van der Waals surface area contributed by atoms with Gasteiger partial charge in [-0.1, -0.05) is 6.42 Å². The first-order chi connectivity index (χ1) is 7.77. The van der Waals surface area contributed by atoms with Gasteiger partial charge in [0.1, 0.15) is 0 Å². The third-order valence-electron chi connectivity index (χ3n) is 2.12. The SMILES string of the molecule is O=C(O)CCCCCNCCCOCCO. The summed E-state index contributed by atoms with van der Waals surface area (Å²) in [5, 5.41) is 20.1. The molecule has 5 nitrogen and oxygen atoms in total. The van der Waals surface area contributed by atoms with Gasteiger partial charge >= 0.3 is 5.97 Å². The molecule has 0 aliphatic heterocycles. The highest BCUT2D eigenvalue weighted by Crippen LogP contribution is 1.98. The van der Waals surface area contributed by atoms with Crippen molar-refractivity contribution in [2.75, 3.05) is 32.9 Å². The highest BCUT2D eigenvalue weighted by molar-refractivity contribution is 5.66. The maximum absolute atomic E-state index is 10.2. The van der Waals surface area contributed by atoms with Crippen LogP contribution in [0.2, 0.25) is 0 Å². The molecule has 0 aromatic carbocycles. The second-order valence-electron chi connectivity index (χ2n) is 3.64. The molecule has 96 valence electrons. The molecule has 0 fully saturated rings. The van der Waals surface area contributed by atoms with Crippen LogP contribution in [-0.2, 0) is 9.53 Å². The number of nitrogens with one attached hydrogen (secondary N) is 1. The molecule has 0 saturated heterocycles. The maximum Gasteiger partial charge on any atom is 0.303 e. The number of hydrogen-bond donors (Lipinski definition) is 3. The first-order valence-electron chi connectivity index (χ1n) is 5.88. The molecule has 0 bridgehead atoms. The molecule has 0 unspecified atom stereocenters. The Kier molecular flexibility index (Phi) is 11.9. The number of aliphatic hydroxyl groups excluding tert-OH is 1. The van der Waals surface area contributed by atoms with Gasteiger partial charge in [0.25, 0.3) is 0 Å². The molecule has 0 heterocycles. The largest absolute Gasteiger partial charge is 0.481 e. The molecule has 3 N–H and O–H groups in total. The Balaban J connectivity index is 2.90. The first kappa shape index (κ1) is 15.3. The van der Waals surface area contributed by atoms with Crippen molar-refractivity contribution in [2.45, 2.75) is 32.1 Å². The van der Waals surface area contributed by atoms with E-state index in [0.717, 1.165) is 38.8 Å². The lowest BCUT2D eigenvalue weighted by Crippen LogP contribution is -2.18. The number of carbonyl (C=O) groups is 1. The molecule has 5 heteroatoms. The fourth-order valence-electron chi connectivity index (χ4n) is 1.29. The fraction of sp³-hybridized carbons (Fsp3) is 0.909. The second-order valence-corrected chi connectivity index (χ2v) is 3.64. The van der Waals surface area contributed by atoms with Crippen molar-refractivity contribution in [3.63, 3.8) is 0 Å². The molecule has 0 spiro atoms. The Labute approximate surface area is 96.8 Å². The van der Waals surface area contributed by atoms with Crippen LogP contribution in [0.1, 0.15) is 32.1 Å². The van der Waals surface area contributed by atoms with Crippen molar-refractivity contribution in [3.8, 4) is 0 Å². The molecular weight excluding hydrogens is 210 g/mol. The minimum Gasteiger partial charge on any atom is -0.481 e. The van der Waals surface area contributed by atoms with E-state index in [0.29, 0.717) is 13.2 Å². The van der Waals surface area contributed by atoms with Gasteiger partial charge in [-0.05, 0) is 32.4 Å². The average molecular weight is 233 g/mol. The van der Waals surface area contributed by atoms with E-state index in [4.69, 9.17) is 14.9 Å². The molecule has 0 atom stereocenters. The van der Waals surface area contributed by atoms with E-state index in [-0.39, 0.29) is 13.0 Å². The summed E-state index contributed by atoms with van der Waals surface area (Å²) in [5.74, 6) is -0.714. The van der Waals surface area contributed by atoms with Crippen molar-refractivity contribution in [2.24, 2.45) is 0 Å². The van der Waals surface area contributed by atoms with Crippen molar-refractivity contribution >= 4 is 5.97 Å². The zero-order valence-corrected chi connectivity index (χ0v) is 9.78. The summed E-state index contributed by atoms with van der Waals surface area (Å²) in [6.45, 7) is 3.00. The number of unbranched alkanes of at least 4 members (excludes halogenated alkanes) is 2. The lowest BCUT2D eigenvalue weighted by Gasteiger charge is -2.04. The lowest BCUT2D eigenvalue weighted by molar-refractivity contribution is -0.137. The van der Waals surface area contributed by atoms with Crippen LogP contribution in [0.3, 0.4) is 0 Å². The summed E-state index contributed by atoms with van der Waals surface area (Å²) >= 11 is 0. The Bertz CT molecular complexity index is 164. The van der Waals surface area contributed by atoms with Crippen molar-refractivity contribution in [3.05, 3.63) is 0 Å². The van der Waals surface area contributed by atoms with E-state index < -0.39 is 5.97 Å². The topological polar surface area (TPSA) is 78.8 Å². The van der Waals surface area contributed by atoms with Crippen LogP contribution in [0.5, 0.6) is 0 Å². The molecule has 16 heavy (non-hydrogen) atoms. The monoisotopic (exact) mass is 233 g/mol. The molecule has 0 aromatic rings. The van der Waals surface area contributed by atoms with E-state index in [2.05, 4.69) is 5.32 Å². The molecule has 0 aliphatic rings. The first-order valence-corrected chi connectivity index (χ1v) is 5.88. The summed E-state index contributed by atoms with van der Waals surface area (Å²) in [7, 11) is 0. The van der Waals surface area contributed by atoms with Crippen LogP contribution >= 0.6 is 0 Å². The van der Waals surface area contributed by atoms with E-state index in [9.17, 15) is 4.79 Å². The van der Waals surface area contributed by atoms with Crippen molar-refractivity contribution < 1.29 is 19.7 Å². The summed E-state index contributed by atoms with van der Waals surface area (Å²) in [6, 6.07) is 0. The summed E-state index contributed by atoms with van der Waals surface area (Å²) in [5.41, 5.74) is 0.